The maximum Gasteiger partial charge on any atom is 0.219 e. The van der Waals surface area contributed by atoms with Crippen LogP contribution >= 0.6 is 11.8 Å². The lowest BCUT2D eigenvalue weighted by Gasteiger charge is -2.12. The standard InChI is InChI=1S/C29H23N2S/c1-32-27-14-12-26(13-15-27)31-28(23-8-4-2-5-9-23)20-25(22-16-18-30-19-17-22)21-29(31)24-10-6-3-7-11-24/h2-21H,1H3/q+1. The smallest absolute Gasteiger partial charge is 0.219 e. The molecule has 0 saturated carbocycles. The summed E-state index contributed by atoms with van der Waals surface area (Å²) in [7, 11) is 0. The molecule has 0 unspecified atom stereocenters. The second kappa shape index (κ2) is 9.21. The summed E-state index contributed by atoms with van der Waals surface area (Å²) in [4.78, 5) is 5.46. The van der Waals surface area contributed by atoms with E-state index in [0.29, 0.717) is 0 Å². The van der Waals surface area contributed by atoms with Crippen molar-refractivity contribution in [2.45, 2.75) is 4.90 Å². The molecule has 0 saturated heterocycles. The van der Waals surface area contributed by atoms with Gasteiger partial charge in [0.1, 0.15) is 0 Å². The molecule has 0 radical (unpaired) electrons. The van der Waals surface area contributed by atoms with Gasteiger partial charge in [-0.15, -0.1) is 11.8 Å². The molecule has 154 valence electrons. The van der Waals surface area contributed by atoms with Gasteiger partial charge in [-0.05, 0) is 65.9 Å². The molecule has 0 aliphatic rings. The first-order valence-electron chi connectivity index (χ1n) is 10.6. The van der Waals surface area contributed by atoms with Crippen molar-refractivity contribution in [3.8, 4) is 39.3 Å². The summed E-state index contributed by atoms with van der Waals surface area (Å²) in [5, 5.41) is 0. The normalized spacial score (nSPS) is 10.8. The summed E-state index contributed by atoms with van der Waals surface area (Å²) < 4.78 is 2.36. The highest BCUT2D eigenvalue weighted by Crippen LogP contribution is 2.30. The van der Waals surface area contributed by atoms with Crippen molar-refractivity contribution in [2.75, 3.05) is 6.26 Å². The largest absolute Gasteiger partial charge is 0.265 e. The van der Waals surface area contributed by atoms with E-state index in [2.05, 4.69) is 125 Å². The molecule has 0 bridgehead atoms. The van der Waals surface area contributed by atoms with Crippen molar-refractivity contribution in [2.24, 2.45) is 0 Å². The van der Waals surface area contributed by atoms with Crippen LogP contribution in [0.15, 0.2) is 126 Å². The highest BCUT2D eigenvalue weighted by atomic mass is 32.2. The van der Waals surface area contributed by atoms with Crippen LogP contribution in [0.1, 0.15) is 0 Å². The van der Waals surface area contributed by atoms with Gasteiger partial charge in [0, 0.05) is 52.7 Å². The Morgan fingerprint density at radius 3 is 1.59 bits per heavy atom. The lowest BCUT2D eigenvalue weighted by molar-refractivity contribution is -0.572. The van der Waals surface area contributed by atoms with Crippen LogP contribution in [0.25, 0.3) is 39.3 Å². The Morgan fingerprint density at radius 1 is 0.562 bits per heavy atom. The van der Waals surface area contributed by atoms with Gasteiger partial charge in [0.25, 0.3) is 0 Å². The molecule has 0 N–H and O–H groups in total. The molecule has 2 heterocycles. The van der Waals surface area contributed by atoms with E-state index < -0.39 is 0 Å². The molecule has 0 atom stereocenters. The number of aromatic nitrogens is 2. The van der Waals surface area contributed by atoms with E-state index in [1.807, 2.05) is 12.4 Å². The molecular formula is C29H23N2S+. The maximum absolute atomic E-state index is 4.21. The van der Waals surface area contributed by atoms with Gasteiger partial charge in [-0.1, -0.05) is 36.4 Å². The Morgan fingerprint density at radius 2 is 1.09 bits per heavy atom. The van der Waals surface area contributed by atoms with Gasteiger partial charge >= 0.3 is 0 Å². The van der Waals surface area contributed by atoms with Crippen molar-refractivity contribution in [1.29, 1.82) is 0 Å². The highest BCUT2D eigenvalue weighted by molar-refractivity contribution is 7.98. The second-order valence-corrected chi connectivity index (χ2v) is 8.40. The second-order valence-electron chi connectivity index (χ2n) is 7.52. The van der Waals surface area contributed by atoms with Crippen molar-refractivity contribution < 1.29 is 4.57 Å². The third-order valence-corrected chi connectivity index (χ3v) is 6.29. The predicted octanol–water partition coefficient (Wildman–Crippen LogP) is 7.08. The summed E-state index contributed by atoms with van der Waals surface area (Å²) in [5.74, 6) is 0. The van der Waals surface area contributed by atoms with Crippen LogP contribution in [0.4, 0.5) is 0 Å². The SMILES string of the molecule is CSc1ccc(-[n+]2c(-c3ccccc3)cc(-c3ccncc3)cc2-c2ccccc2)cc1. The summed E-state index contributed by atoms with van der Waals surface area (Å²) >= 11 is 1.76. The van der Waals surface area contributed by atoms with E-state index in [-0.39, 0.29) is 0 Å². The molecule has 5 rings (SSSR count). The van der Waals surface area contributed by atoms with Crippen LogP contribution in [-0.4, -0.2) is 11.2 Å². The summed E-state index contributed by atoms with van der Waals surface area (Å²) in [6.45, 7) is 0. The fourth-order valence-electron chi connectivity index (χ4n) is 3.96. The van der Waals surface area contributed by atoms with Gasteiger partial charge < -0.3 is 0 Å². The Balaban J connectivity index is 1.85. The zero-order chi connectivity index (χ0) is 21.8. The number of hydrogen-bond acceptors (Lipinski definition) is 2. The Labute approximate surface area is 193 Å². The van der Waals surface area contributed by atoms with Crippen LogP contribution < -0.4 is 4.57 Å². The van der Waals surface area contributed by atoms with E-state index in [1.165, 1.54) is 21.6 Å². The summed E-state index contributed by atoms with van der Waals surface area (Å²) in [5.41, 5.74) is 8.11. The van der Waals surface area contributed by atoms with Crippen molar-refractivity contribution in [3.05, 3.63) is 122 Å². The fourth-order valence-corrected chi connectivity index (χ4v) is 4.37. The molecular weight excluding hydrogens is 408 g/mol. The Kier molecular flexibility index (Phi) is 5.82. The van der Waals surface area contributed by atoms with Crippen LogP contribution in [0.5, 0.6) is 0 Å². The summed E-state index contributed by atoms with van der Waals surface area (Å²) in [6, 6.07) is 38.7. The van der Waals surface area contributed by atoms with Crippen LogP contribution in [0, 0.1) is 0 Å². The topological polar surface area (TPSA) is 16.8 Å². The molecule has 3 heteroatoms. The number of benzene rings is 3. The molecule has 32 heavy (non-hydrogen) atoms. The maximum atomic E-state index is 4.21. The van der Waals surface area contributed by atoms with E-state index >= 15 is 0 Å². The van der Waals surface area contributed by atoms with Gasteiger partial charge in [-0.25, -0.2) is 0 Å². The van der Waals surface area contributed by atoms with Gasteiger partial charge in [-0.2, -0.15) is 4.57 Å². The highest BCUT2D eigenvalue weighted by Gasteiger charge is 2.24. The lowest BCUT2D eigenvalue weighted by atomic mass is 9.99. The van der Waals surface area contributed by atoms with Crippen LogP contribution in [0.2, 0.25) is 0 Å². The number of rotatable bonds is 5. The minimum Gasteiger partial charge on any atom is -0.265 e. The molecule has 2 nitrogen and oxygen atoms in total. The first kappa shape index (κ1) is 20.2. The van der Waals surface area contributed by atoms with E-state index in [9.17, 15) is 0 Å². The lowest BCUT2D eigenvalue weighted by Crippen LogP contribution is -2.36. The molecule has 2 aromatic heterocycles. The third kappa shape index (κ3) is 4.08. The number of thioether (sulfide) groups is 1. The quantitative estimate of drug-likeness (QED) is 0.218. The fraction of sp³-hybridized carbons (Fsp3) is 0.0345. The van der Waals surface area contributed by atoms with Gasteiger partial charge in [-0.3, -0.25) is 4.98 Å². The minimum absolute atomic E-state index is 1.14. The summed E-state index contributed by atoms with van der Waals surface area (Å²) in [6.07, 6.45) is 5.81. The molecule has 0 fully saturated rings. The van der Waals surface area contributed by atoms with Crippen LogP contribution in [-0.2, 0) is 0 Å². The Hall–Kier alpha value is -3.69. The Bertz CT molecular complexity index is 1260. The first-order valence-corrected chi connectivity index (χ1v) is 11.8. The minimum atomic E-state index is 1.14. The first-order chi connectivity index (χ1) is 15.8. The average Bonchev–Trinajstić information content (AvgIpc) is 2.89. The average molecular weight is 432 g/mol. The van der Waals surface area contributed by atoms with Gasteiger partial charge in [0.15, 0.2) is 0 Å². The van der Waals surface area contributed by atoms with Gasteiger partial charge in [0.05, 0.1) is 0 Å². The molecule has 0 aliphatic heterocycles. The number of nitrogens with zero attached hydrogens (tertiary/aromatic N) is 2. The third-order valence-electron chi connectivity index (χ3n) is 5.55. The van der Waals surface area contributed by atoms with E-state index in [1.54, 1.807) is 11.8 Å². The van der Waals surface area contributed by atoms with Gasteiger partial charge in [0.2, 0.25) is 17.1 Å². The van der Waals surface area contributed by atoms with E-state index in [4.69, 9.17) is 0 Å². The number of pyridine rings is 2. The van der Waals surface area contributed by atoms with Crippen molar-refractivity contribution >= 4 is 11.8 Å². The number of hydrogen-bond donors (Lipinski definition) is 0. The van der Waals surface area contributed by atoms with Crippen molar-refractivity contribution in [1.82, 2.24) is 4.98 Å². The van der Waals surface area contributed by atoms with E-state index in [0.717, 1.165) is 22.6 Å². The molecule has 0 amide bonds. The zero-order valence-corrected chi connectivity index (χ0v) is 18.7. The molecule has 3 aromatic carbocycles. The van der Waals surface area contributed by atoms with Crippen molar-refractivity contribution in [3.63, 3.8) is 0 Å². The predicted molar refractivity (Wildman–Crippen MR) is 134 cm³/mol. The molecule has 5 aromatic rings. The monoisotopic (exact) mass is 431 g/mol. The molecule has 0 aliphatic carbocycles. The zero-order valence-electron chi connectivity index (χ0n) is 17.8. The molecule has 0 spiro atoms. The van der Waals surface area contributed by atoms with Crippen LogP contribution in [0.3, 0.4) is 0 Å².